The van der Waals surface area contributed by atoms with E-state index in [0.29, 0.717) is 12.8 Å². The number of nitrogens with one attached hydrogen (secondary N) is 1. The maximum Gasteiger partial charge on any atom is 0.407 e. The van der Waals surface area contributed by atoms with Gasteiger partial charge in [0.1, 0.15) is 5.60 Å². The number of carbonyl (C=O) groups is 1. The van der Waals surface area contributed by atoms with E-state index in [4.69, 9.17) is 8.92 Å². The van der Waals surface area contributed by atoms with Crippen LogP contribution in [0, 0.1) is 0 Å². The maximum absolute atomic E-state index is 11.4. The number of ether oxygens (including phenoxy) is 1. The molecule has 1 rings (SSSR count). The summed E-state index contributed by atoms with van der Waals surface area (Å²) < 4.78 is 31.5. The van der Waals surface area contributed by atoms with Gasteiger partial charge in [-0.2, -0.15) is 8.42 Å². The van der Waals surface area contributed by atoms with Crippen LogP contribution in [-0.2, 0) is 19.0 Å². The van der Waals surface area contributed by atoms with Crippen molar-refractivity contribution >= 4 is 16.2 Å². The fourth-order valence-electron chi connectivity index (χ4n) is 1.48. The lowest BCUT2D eigenvalue weighted by Crippen LogP contribution is -2.49. The Kier molecular flexibility index (Phi) is 4.03. The summed E-state index contributed by atoms with van der Waals surface area (Å²) in [6.45, 7) is 5.34. The molecule has 0 bridgehead atoms. The molecule has 1 saturated carbocycles. The molecule has 0 aromatic carbocycles. The molecule has 0 atom stereocenters. The summed E-state index contributed by atoms with van der Waals surface area (Å²) in [5.41, 5.74) is -0.531. The Morgan fingerprint density at radius 3 is 2.24 bits per heavy atom. The summed E-state index contributed by atoms with van der Waals surface area (Å²) in [7, 11) is -3.41. The van der Waals surface area contributed by atoms with Crippen molar-refractivity contribution in [1.82, 2.24) is 5.32 Å². The van der Waals surface area contributed by atoms with Crippen molar-refractivity contribution < 1.29 is 22.1 Å². The van der Waals surface area contributed by atoms with Gasteiger partial charge >= 0.3 is 6.09 Å². The lowest BCUT2D eigenvalue weighted by molar-refractivity contribution is 0.0377. The van der Waals surface area contributed by atoms with Gasteiger partial charge in [-0.25, -0.2) is 4.79 Å². The van der Waals surface area contributed by atoms with Gasteiger partial charge in [-0.3, -0.25) is 4.18 Å². The second-order valence-corrected chi connectivity index (χ2v) is 6.84. The Bertz CT molecular complexity index is 378. The largest absolute Gasteiger partial charge is 0.444 e. The molecule has 0 aromatic rings. The van der Waals surface area contributed by atoms with E-state index in [1.807, 2.05) is 0 Å². The predicted molar refractivity (Wildman–Crippen MR) is 62.1 cm³/mol. The van der Waals surface area contributed by atoms with E-state index in [1.165, 1.54) is 0 Å². The van der Waals surface area contributed by atoms with Gasteiger partial charge < -0.3 is 10.1 Å². The van der Waals surface area contributed by atoms with Crippen LogP contribution in [-0.4, -0.2) is 38.5 Å². The van der Waals surface area contributed by atoms with Crippen molar-refractivity contribution in [3.8, 4) is 0 Å². The van der Waals surface area contributed by atoms with Crippen LogP contribution in [0.25, 0.3) is 0 Å². The number of hydrogen-bond donors (Lipinski definition) is 1. The van der Waals surface area contributed by atoms with Crippen LogP contribution in [0.2, 0.25) is 0 Å². The van der Waals surface area contributed by atoms with E-state index in [9.17, 15) is 13.2 Å². The van der Waals surface area contributed by atoms with Crippen LogP contribution in [0.4, 0.5) is 4.79 Å². The van der Waals surface area contributed by atoms with E-state index in [0.717, 1.165) is 6.26 Å². The lowest BCUT2D eigenvalue weighted by Gasteiger charge is -2.34. The normalized spacial score (nSPS) is 24.9. The van der Waals surface area contributed by atoms with E-state index < -0.39 is 21.8 Å². The molecule has 1 aliphatic rings. The second kappa shape index (κ2) is 4.81. The van der Waals surface area contributed by atoms with E-state index in [1.54, 1.807) is 20.8 Å². The second-order valence-electron chi connectivity index (χ2n) is 5.24. The van der Waals surface area contributed by atoms with Gasteiger partial charge in [0.2, 0.25) is 0 Å². The molecule has 1 amide bonds. The molecule has 0 aromatic heterocycles. The van der Waals surface area contributed by atoms with Gasteiger partial charge in [0, 0.05) is 6.04 Å². The standard InChI is InChI=1S/C10H19NO5S/c1-10(2,3)15-9(12)11-7-5-8(6-7)16-17(4,13)14/h7-8H,5-6H2,1-4H3,(H,11,12). The van der Waals surface area contributed by atoms with Crippen molar-refractivity contribution in [2.75, 3.05) is 6.26 Å². The smallest absolute Gasteiger partial charge is 0.407 e. The summed E-state index contributed by atoms with van der Waals surface area (Å²) in [5, 5.41) is 2.65. The summed E-state index contributed by atoms with van der Waals surface area (Å²) in [4.78, 5) is 11.4. The van der Waals surface area contributed by atoms with Crippen LogP contribution < -0.4 is 5.32 Å². The topological polar surface area (TPSA) is 81.7 Å². The van der Waals surface area contributed by atoms with Gasteiger partial charge in [0.05, 0.1) is 12.4 Å². The van der Waals surface area contributed by atoms with E-state index in [-0.39, 0.29) is 12.1 Å². The maximum atomic E-state index is 11.4. The SMILES string of the molecule is CC(C)(C)OC(=O)NC1CC(OS(C)(=O)=O)C1. The lowest BCUT2D eigenvalue weighted by atomic mass is 9.90. The molecule has 0 radical (unpaired) electrons. The molecule has 17 heavy (non-hydrogen) atoms. The van der Waals surface area contributed by atoms with Crippen molar-refractivity contribution in [2.45, 2.75) is 51.4 Å². The highest BCUT2D eigenvalue weighted by molar-refractivity contribution is 7.86. The average molecular weight is 265 g/mol. The van der Waals surface area contributed by atoms with Gasteiger partial charge in [-0.15, -0.1) is 0 Å². The minimum atomic E-state index is -3.41. The Morgan fingerprint density at radius 2 is 1.82 bits per heavy atom. The van der Waals surface area contributed by atoms with Gasteiger partial charge in [0.25, 0.3) is 10.1 Å². The van der Waals surface area contributed by atoms with Gasteiger partial charge in [-0.1, -0.05) is 0 Å². The Hall–Kier alpha value is -0.820. The number of hydrogen-bond acceptors (Lipinski definition) is 5. The molecule has 1 fully saturated rings. The van der Waals surface area contributed by atoms with Gasteiger partial charge in [-0.05, 0) is 33.6 Å². The third-order valence-corrected chi connectivity index (χ3v) is 2.75. The first-order valence-electron chi connectivity index (χ1n) is 5.43. The summed E-state index contributed by atoms with van der Waals surface area (Å²) in [5.74, 6) is 0. The molecule has 100 valence electrons. The van der Waals surface area contributed by atoms with Gasteiger partial charge in [0.15, 0.2) is 0 Å². The molecule has 0 spiro atoms. The predicted octanol–water partition coefficient (Wildman–Crippen LogP) is 1.02. The van der Waals surface area contributed by atoms with Crippen molar-refractivity contribution in [2.24, 2.45) is 0 Å². The minimum Gasteiger partial charge on any atom is -0.444 e. The molecule has 6 nitrogen and oxygen atoms in total. The number of rotatable bonds is 3. The summed E-state index contributed by atoms with van der Waals surface area (Å²) in [6, 6.07) is -0.0726. The average Bonchev–Trinajstić information content (AvgIpc) is 1.93. The Morgan fingerprint density at radius 1 is 1.29 bits per heavy atom. The van der Waals surface area contributed by atoms with Crippen molar-refractivity contribution in [3.63, 3.8) is 0 Å². The molecule has 0 saturated heterocycles. The summed E-state index contributed by atoms with van der Waals surface area (Å²) >= 11 is 0. The van der Waals surface area contributed by atoms with E-state index in [2.05, 4.69) is 5.32 Å². The van der Waals surface area contributed by atoms with Crippen LogP contribution in [0.1, 0.15) is 33.6 Å². The minimum absolute atomic E-state index is 0.0726. The molecule has 1 N–H and O–H groups in total. The van der Waals surface area contributed by atoms with Crippen LogP contribution in [0.15, 0.2) is 0 Å². The molecule has 0 unspecified atom stereocenters. The van der Waals surface area contributed by atoms with Crippen molar-refractivity contribution in [1.29, 1.82) is 0 Å². The molecular formula is C10H19NO5S. The molecule has 0 heterocycles. The molecular weight excluding hydrogens is 246 g/mol. The molecule has 0 aliphatic heterocycles. The highest BCUT2D eigenvalue weighted by atomic mass is 32.2. The highest BCUT2D eigenvalue weighted by Gasteiger charge is 2.34. The number of carbonyl (C=O) groups excluding carboxylic acids is 1. The molecule has 1 aliphatic carbocycles. The highest BCUT2D eigenvalue weighted by Crippen LogP contribution is 2.25. The van der Waals surface area contributed by atoms with Crippen molar-refractivity contribution in [3.05, 3.63) is 0 Å². The third-order valence-electron chi connectivity index (χ3n) is 2.13. The van der Waals surface area contributed by atoms with Crippen LogP contribution in [0.3, 0.4) is 0 Å². The van der Waals surface area contributed by atoms with Crippen LogP contribution in [0.5, 0.6) is 0 Å². The Labute approximate surface area is 102 Å². The Balaban J connectivity index is 2.24. The van der Waals surface area contributed by atoms with Crippen LogP contribution >= 0.6 is 0 Å². The number of alkyl carbamates (subject to hydrolysis) is 1. The monoisotopic (exact) mass is 265 g/mol. The third kappa shape index (κ3) is 5.88. The zero-order valence-electron chi connectivity index (χ0n) is 10.5. The van der Waals surface area contributed by atoms with E-state index >= 15 is 0 Å². The number of amides is 1. The first kappa shape index (κ1) is 14.2. The summed E-state index contributed by atoms with van der Waals surface area (Å²) in [6.07, 6.45) is 1.19. The first-order valence-corrected chi connectivity index (χ1v) is 7.24. The zero-order chi connectivity index (χ0) is 13.3. The first-order chi connectivity index (χ1) is 7.55. The quantitative estimate of drug-likeness (QED) is 0.770. The zero-order valence-corrected chi connectivity index (χ0v) is 11.3. The fraction of sp³-hybridized carbons (Fsp3) is 0.900. The molecule has 7 heteroatoms. The fourth-order valence-corrected chi connectivity index (χ4v) is 2.13.